The first-order chi connectivity index (χ1) is 9.31. The normalized spacial score (nSPS) is 38.1. The molecule has 3 fully saturated rings. The molecule has 3 aliphatic heterocycles. The smallest absolute Gasteiger partial charge is 0.0594 e. The summed E-state index contributed by atoms with van der Waals surface area (Å²) in [5, 5.41) is 3.56. The molecule has 3 rings (SSSR count). The van der Waals surface area contributed by atoms with Crippen molar-refractivity contribution in [1.82, 2.24) is 15.1 Å². The van der Waals surface area contributed by atoms with E-state index in [4.69, 9.17) is 4.74 Å². The van der Waals surface area contributed by atoms with Crippen LogP contribution in [-0.4, -0.2) is 74.9 Å². The Balaban J connectivity index is 1.51. The van der Waals surface area contributed by atoms with Gasteiger partial charge in [-0.15, -0.1) is 0 Å². The Morgan fingerprint density at radius 1 is 1.26 bits per heavy atom. The molecule has 2 atom stereocenters. The van der Waals surface area contributed by atoms with Crippen molar-refractivity contribution >= 4 is 0 Å². The van der Waals surface area contributed by atoms with Crippen LogP contribution in [0.3, 0.4) is 0 Å². The molecule has 3 aliphatic rings. The van der Waals surface area contributed by atoms with Crippen molar-refractivity contribution in [3.8, 4) is 0 Å². The van der Waals surface area contributed by atoms with E-state index in [1.165, 1.54) is 52.0 Å². The molecule has 3 saturated heterocycles. The minimum Gasteiger partial charge on any atom is -0.379 e. The Kier molecular flexibility index (Phi) is 4.42. The molecular weight excluding hydrogens is 238 g/mol. The number of rotatable bonds is 4. The van der Waals surface area contributed by atoms with Crippen LogP contribution in [0.1, 0.15) is 26.2 Å². The molecule has 0 saturated carbocycles. The van der Waals surface area contributed by atoms with E-state index < -0.39 is 0 Å². The van der Waals surface area contributed by atoms with Crippen molar-refractivity contribution in [2.45, 2.75) is 32.2 Å². The lowest BCUT2D eigenvalue weighted by molar-refractivity contribution is 0.0176. The monoisotopic (exact) mass is 267 g/mol. The van der Waals surface area contributed by atoms with E-state index in [9.17, 15) is 0 Å². The standard InChI is InChI=1S/C15H29N3O/c1-2-15(4-5-16-12-15)13-17-6-3-14(11-17)18-7-9-19-10-8-18/h14,16H,2-13H2,1H3. The van der Waals surface area contributed by atoms with Crippen LogP contribution in [0.5, 0.6) is 0 Å². The Morgan fingerprint density at radius 2 is 2.11 bits per heavy atom. The summed E-state index contributed by atoms with van der Waals surface area (Å²) < 4.78 is 5.46. The van der Waals surface area contributed by atoms with E-state index in [1.54, 1.807) is 0 Å². The Hall–Kier alpha value is -0.160. The summed E-state index contributed by atoms with van der Waals surface area (Å²) in [6, 6.07) is 0.784. The van der Waals surface area contributed by atoms with Crippen LogP contribution in [0, 0.1) is 5.41 Å². The summed E-state index contributed by atoms with van der Waals surface area (Å²) in [4.78, 5) is 5.37. The van der Waals surface area contributed by atoms with E-state index in [0.29, 0.717) is 5.41 Å². The molecule has 0 bridgehead atoms. The zero-order valence-corrected chi connectivity index (χ0v) is 12.4. The zero-order chi connectivity index (χ0) is 13.1. The van der Waals surface area contributed by atoms with Crippen LogP contribution in [0.2, 0.25) is 0 Å². The van der Waals surface area contributed by atoms with Gasteiger partial charge in [0.05, 0.1) is 13.2 Å². The van der Waals surface area contributed by atoms with Gasteiger partial charge in [0.2, 0.25) is 0 Å². The van der Waals surface area contributed by atoms with Crippen molar-refractivity contribution in [3.05, 3.63) is 0 Å². The Labute approximate surface area is 117 Å². The summed E-state index contributed by atoms with van der Waals surface area (Å²) in [6.07, 6.45) is 4.04. The highest BCUT2D eigenvalue weighted by molar-refractivity contribution is 4.93. The number of nitrogens with one attached hydrogen (secondary N) is 1. The highest BCUT2D eigenvalue weighted by Gasteiger charge is 2.37. The van der Waals surface area contributed by atoms with Gasteiger partial charge in [-0.05, 0) is 37.8 Å². The predicted octanol–water partition coefficient (Wildman–Crippen LogP) is 0.783. The number of likely N-dealkylation sites (tertiary alicyclic amines) is 1. The largest absolute Gasteiger partial charge is 0.379 e. The number of hydrogen-bond acceptors (Lipinski definition) is 4. The van der Waals surface area contributed by atoms with Gasteiger partial charge in [-0.25, -0.2) is 0 Å². The van der Waals surface area contributed by atoms with Crippen molar-refractivity contribution in [2.24, 2.45) is 5.41 Å². The molecule has 0 aromatic rings. The van der Waals surface area contributed by atoms with Crippen molar-refractivity contribution < 1.29 is 4.74 Å². The van der Waals surface area contributed by atoms with Gasteiger partial charge in [0, 0.05) is 38.8 Å². The van der Waals surface area contributed by atoms with Gasteiger partial charge in [0.15, 0.2) is 0 Å². The molecule has 0 spiro atoms. The van der Waals surface area contributed by atoms with Gasteiger partial charge in [-0.1, -0.05) is 6.92 Å². The van der Waals surface area contributed by atoms with Crippen molar-refractivity contribution in [2.75, 3.05) is 59.0 Å². The molecular formula is C15H29N3O. The van der Waals surface area contributed by atoms with E-state index >= 15 is 0 Å². The Bertz CT molecular complexity index is 285. The van der Waals surface area contributed by atoms with E-state index in [0.717, 1.165) is 32.3 Å². The highest BCUT2D eigenvalue weighted by atomic mass is 16.5. The second-order valence-corrected chi connectivity index (χ2v) is 6.61. The maximum atomic E-state index is 5.46. The first-order valence-corrected chi connectivity index (χ1v) is 8.06. The molecule has 0 aromatic carbocycles. The van der Waals surface area contributed by atoms with Gasteiger partial charge in [0.1, 0.15) is 0 Å². The first kappa shape index (κ1) is 13.8. The summed E-state index contributed by atoms with van der Waals surface area (Å²) in [7, 11) is 0. The van der Waals surface area contributed by atoms with Crippen LogP contribution in [-0.2, 0) is 4.74 Å². The third-order valence-electron chi connectivity index (χ3n) is 5.45. The van der Waals surface area contributed by atoms with Crippen LogP contribution >= 0.6 is 0 Å². The van der Waals surface area contributed by atoms with Gasteiger partial charge < -0.3 is 15.0 Å². The summed E-state index contributed by atoms with van der Waals surface area (Å²) in [5.41, 5.74) is 0.555. The highest BCUT2D eigenvalue weighted by Crippen LogP contribution is 2.32. The number of nitrogens with zero attached hydrogens (tertiary/aromatic N) is 2. The van der Waals surface area contributed by atoms with E-state index in [1.807, 2.05) is 0 Å². The summed E-state index contributed by atoms with van der Waals surface area (Å²) in [5.74, 6) is 0. The number of hydrogen-bond donors (Lipinski definition) is 1. The first-order valence-electron chi connectivity index (χ1n) is 8.06. The molecule has 19 heavy (non-hydrogen) atoms. The molecule has 2 unspecified atom stereocenters. The lowest BCUT2D eigenvalue weighted by atomic mass is 9.84. The minimum atomic E-state index is 0.555. The van der Waals surface area contributed by atoms with Crippen LogP contribution < -0.4 is 5.32 Å². The van der Waals surface area contributed by atoms with Crippen molar-refractivity contribution in [1.29, 1.82) is 0 Å². The molecule has 3 heterocycles. The molecule has 0 aromatic heterocycles. The third-order valence-corrected chi connectivity index (χ3v) is 5.45. The zero-order valence-electron chi connectivity index (χ0n) is 12.4. The lowest BCUT2D eigenvalue weighted by Crippen LogP contribution is -2.45. The lowest BCUT2D eigenvalue weighted by Gasteiger charge is -2.34. The number of ether oxygens (including phenoxy) is 1. The second kappa shape index (κ2) is 6.08. The molecule has 4 nitrogen and oxygen atoms in total. The van der Waals surface area contributed by atoms with Crippen LogP contribution in [0.15, 0.2) is 0 Å². The SMILES string of the molecule is CCC1(CN2CCC(N3CCOCC3)C2)CCNC1. The summed E-state index contributed by atoms with van der Waals surface area (Å²) in [6.45, 7) is 12.8. The molecule has 4 heteroatoms. The van der Waals surface area contributed by atoms with Gasteiger partial charge >= 0.3 is 0 Å². The maximum Gasteiger partial charge on any atom is 0.0594 e. The Morgan fingerprint density at radius 3 is 2.79 bits per heavy atom. The van der Waals surface area contributed by atoms with Crippen LogP contribution in [0.25, 0.3) is 0 Å². The van der Waals surface area contributed by atoms with E-state index in [-0.39, 0.29) is 0 Å². The van der Waals surface area contributed by atoms with E-state index in [2.05, 4.69) is 22.0 Å². The van der Waals surface area contributed by atoms with Gasteiger partial charge in [-0.3, -0.25) is 4.90 Å². The van der Waals surface area contributed by atoms with Gasteiger partial charge in [-0.2, -0.15) is 0 Å². The van der Waals surface area contributed by atoms with Crippen LogP contribution in [0.4, 0.5) is 0 Å². The third kappa shape index (κ3) is 3.13. The minimum absolute atomic E-state index is 0.555. The average molecular weight is 267 g/mol. The predicted molar refractivity (Wildman–Crippen MR) is 77.4 cm³/mol. The number of morpholine rings is 1. The topological polar surface area (TPSA) is 27.7 Å². The van der Waals surface area contributed by atoms with Gasteiger partial charge in [0.25, 0.3) is 0 Å². The molecule has 1 N–H and O–H groups in total. The molecule has 110 valence electrons. The molecule has 0 amide bonds. The fourth-order valence-corrected chi connectivity index (χ4v) is 4.01. The molecule has 0 radical (unpaired) electrons. The summed E-state index contributed by atoms with van der Waals surface area (Å²) >= 11 is 0. The molecule has 0 aliphatic carbocycles. The second-order valence-electron chi connectivity index (χ2n) is 6.61. The average Bonchev–Trinajstić information content (AvgIpc) is 3.10. The fraction of sp³-hybridized carbons (Fsp3) is 1.00. The quantitative estimate of drug-likeness (QED) is 0.815. The fourth-order valence-electron chi connectivity index (χ4n) is 4.01. The maximum absolute atomic E-state index is 5.46. The van der Waals surface area contributed by atoms with Crippen molar-refractivity contribution in [3.63, 3.8) is 0 Å².